The Bertz CT molecular complexity index is 1460. The number of nitrogens with zero attached hydrogens (tertiary/aromatic N) is 7. The number of anilines is 3. The molecule has 6 atom stereocenters. The first-order valence-corrected chi connectivity index (χ1v) is 16.6. The van der Waals surface area contributed by atoms with Gasteiger partial charge in [-0.2, -0.15) is 0 Å². The van der Waals surface area contributed by atoms with Gasteiger partial charge in [-0.25, -0.2) is 9.37 Å². The summed E-state index contributed by atoms with van der Waals surface area (Å²) in [4.78, 5) is 34.7. The zero-order valence-electron chi connectivity index (χ0n) is 28.6. The average Bonchev–Trinajstić information content (AvgIpc) is 3.06. The molecule has 0 amide bonds. The van der Waals surface area contributed by atoms with Crippen molar-refractivity contribution in [2.24, 2.45) is 0 Å². The molecule has 3 aromatic rings. The maximum absolute atomic E-state index is 12.1. The summed E-state index contributed by atoms with van der Waals surface area (Å²) in [7, 11) is 0. The molecule has 3 aliphatic rings. The number of nitrogen functional groups attached to an aromatic ring is 1. The molecule has 0 saturated carbocycles. The van der Waals surface area contributed by atoms with Gasteiger partial charge in [0, 0.05) is 43.3 Å². The third-order valence-electron chi connectivity index (χ3n) is 8.55. The molecule has 0 bridgehead atoms. The van der Waals surface area contributed by atoms with Crippen molar-refractivity contribution in [1.29, 1.82) is 0 Å². The summed E-state index contributed by atoms with van der Waals surface area (Å²) in [6, 6.07) is 10.0. The van der Waals surface area contributed by atoms with Crippen LogP contribution in [0.4, 0.5) is 33.2 Å². The predicted octanol–water partition coefficient (Wildman–Crippen LogP) is 3.60. The molecule has 274 valence electrons. The molecule has 16 nitrogen and oxygen atoms in total. The van der Waals surface area contributed by atoms with Crippen LogP contribution in [0.15, 0.2) is 55.0 Å². The van der Waals surface area contributed by atoms with Gasteiger partial charge in [0.1, 0.15) is 5.82 Å². The van der Waals surface area contributed by atoms with Crippen LogP contribution in [0.25, 0.3) is 0 Å². The van der Waals surface area contributed by atoms with Gasteiger partial charge in [0.05, 0.1) is 35.9 Å². The molecular formula is C33H48FN9O7. The maximum atomic E-state index is 12.1. The molecule has 0 aliphatic carbocycles. The Hall–Kier alpha value is -4.58. The van der Waals surface area contributed by atoms with Gasteiger partial charge in [-0.15, -0.1) is 0 Å². The fourth-order valence-electron chi connectivity index (χ4n) is 5.87. The van der Waals surface area contributed by atoms with Crippen LogP contribution in [-0.4, -0.2) is 96.2 Å². The average molecular weight is 702 g/mol. The number of aromatic nitrogens is 3. The summed E-state index contributed by atoms with van der Waals surface area (Å²) in [5, 5.41) is 51.8. The number of pyridine rings is 3. The van der Waals surface area contributed by atoms with E-state index in [4.69, 9.17) is 10.8 Å². The van der Waals surface area contributed by atoms with E-state index in [9.17, 15) is 34.8 Å². The van der Waals surface area contributed by atoms with Crippen LogP contribution in [0.2, 0.25) is 0 Å². The first kappa shape index (κ1) is 39.9. The summed E-state index contributed by atoms with van der Waals surface area (Å²) in [6.45, 7) is 8.86. The van der Waals surface area contributed by atoms with Gasteiger partial charge in [-0.05, 0) is 110 Å². The van der Waals surface area contributed by atoms with Gasteiger partial charge in [0.2, 0.25) is 0 Å². The van der Waals surface area contributed by atoms with Gasteiger partial charge < -0.3 is 56.4 Å². The van der Waals surface area contributed by atoms with Crippen molar-refractivity contribution in [3.8, 4) is 0 Å². The first-order valence-electron chi connectivity index (χ1n) is 16.6. The monoisotopic (exact) mass is 701 g/mol. The largest absolute Gasteiger partial charge is 0.393 e. The molecule has 0 spiro atoms. The Morgan fingerprint density at radius 1 is 0.740 bits per heavy atom. The van der Waals surface area contributed by atoms with E-state index in [1.165, 1.54) is 12.3 Å². The third kappa shape index (κ3) is 13.0. The second-order valence-corrected chi connectivity index (χ2v) is 12.6. The lowest BCUT2D eigenvalue weighted by Crippen LogP contribution is -2.42. The molecule has 6 rings (SSSR count). The number of aliphatic hydroxyl groups is 3. The number of aliphatic hydroxyl groups excluding tert-OH is 3. The molecule has 0 aromatic carbocycles. The molecule has 3 aromatic heterocycles. The number of halogens is 1. The second-order valence-electron chi connectivity index (χ2n) is 12.6. The SMILES string of the molecule is CC1CC(O)CCN1.CC1CC(O)CCN1c1ccc(N)nc1.CC1CC(O)CCN1c1ccc([N+](=O)[O-])nc1.O=[N+]([O-])c1ccc(F)cn1. The minimum atomic E-state index is -0.681. The van der Waals surface area contributed by atoms with Crippen molar-refractivity contribution in [1.82, 2.24) is 20.3 Å². The van der Waals surface area contributed by atoms with Crippen molar-refractivity contribution in [3.05, 3.63) is 81.0 Å². The van der Waals surface area contributed by atoms with E-state index in [1.807, 2.05) is 19.1 Å². The van der Waals surface area contributed by atoms with E-state index < -0.39 is 15.7 Å². The van der Waals surface area contributed by atoms with Crippen molar-refractivity contribution >= 4 is 28.8 Å². The summed E-state index contributed by atoms with van der Waals surface area (Å²) >= 11 is 0. The van der Waals surface area contributed by atoms with Crippen LogP contribution < -0.4 is 20.9 Å². The summed E-state index contributed by atoms with van der Waals surface area (Å²) in [6.07, 6.45) is 8.60. The lowest BCUT2D eigenvalue weighted by atomic mass is 10.0. The zero-order valence-corrected chi connectivity index (χ0v) is 28.6. The maximum Gasteiger partial charge on any atom is 0.363 e. The normalized spacial score (nSPS) is 24.6. The molecule has 6 unspecified atom stereocenters. The van der Waals surface area contributed by atoms with Crippen molar-refractivity contribution < 1.29 is 29.6 Å². The van der Waals surface area contributed by atoms with Crippen LogP contribution in [0.5, 0.6) is 0 Å². The Morgan fingerprint density at radius 3 is 1.58 bits per heavy atom. The highest BCUT2D eigenvalue weighted by Gasteiger charge is 2.26. The van der Waals surface area contributed by atoms with Gasteiger partial charge in [-0.1, -0.05) is 0 Å². The summed E-state index contributed by atoms with van der Waals surface area (Å²) in [5.74, 6) is -0.520. The minimum absolute atomic E-state index is 0.0498. The number of rotatable bonds is 4. The Balaban J connectivity index is 0.000000188. The van der Waals surface area contributed by atoms with E-state index in [0.29, 0.717) is 17.9 Å². The van der Waals surface area contributed by atoms with Gasteiger partial charge in [-0.3, -0.25) is 0 Å². The van der Waals surface area contributed by atoms with E-state index in [0.717, 1.165) is 87.9 Å². The molecule has 6 heterocycles. The third-order valence-corrected chi connectivity index (χ3v) is 8.55. The van der Waals surface area contributed by atoms with Gasteiger partial charge >= 0.3 is 11.6 Å². The van der Waals surface area contributed by atoms with E-state index in [-0.39, 0.29) is 36.0 Å². The van der Waals surface area contributed by atoms with Crippen LogP contribution >= 0.6 is 0 Å². The van der Waals surface area contributed by atoms with Gasteiger partial charge in [0.25, 0.3) is 0 Å². The molecule has 0 radical (unpaired) electrons. The Kier molecular flexibility index (Phi) is 15.6. The topological polar surface area (TPSA) is 230 Å². The molecular weight excluding hydrogens is 653 g/mol. The first-order chi connectivity index (χ1) is 23.7. The van der Waals surface area contributed by atoms with Crippen LogP contribution in [0, 0.1) is 26.0 Å². The molecule has 3 fully saturated rings. The van der Waals surface area contributed by atoms with E-state index in [1.54, 1.807) is 12.3 Å². The van der Waals surface area contributed by atoms with Crippen LogP contribution in [-0.2, 0) is 0 Å². The standard InChI is InChI=1S/C11H15N3O3.C11H17N3O.C6H13NO.C5H3FN2O2/c1-8-6-10(15)4-5-13(8)9-2-3-11(12-7-9)14(16)17;1-8-6-10(15)4-5-14(8)9-2-3-11(12)13-7-9;1-5-4-6(8)2-3-7-5;6-4-1-2-5(7-3-4)8(9)10/h2-3,7-8,10,15H,4-6H2,1H3;2-3,7-8,10,15H,4-6H2,1H3,(H2,12,13);5-8H,2-4H2,1H3;1-3H. The quantitative estimate of drug-likeness (QED) is 0.193. The highest BCUT2D eigenvalue weighted by atomic mass is 19.1. The van der Waals surface area contributed by atoms with Crippen molar-refractivity contribution in [2.75, 3.05) is 35.2 Å². The van der Waals surface area contributed by atoms with Crippen molar-refractivity contribution in [3.63, 3.8) is 0 Å². The van der Waals surface area contributed by atoms with E-state index in [2.05, 4.69) is 43.9 Å². The number of nitro groups is 2. The molecule has 17 heteroatoms. The fourth-order valence-corrected chi connectivity index (χ4v) is 5.87. The minimum Gasteiger partial charge on any atom is -0.393 e. The second kappa shape index (κ2) is 19.6. The van der Waals surface area contributed by atoms with Crippen molar-refractivity contribution in [2.45, 2.75) is 95.7 Å². The number of hydrogen-bond donors (Lipinski definition) is 5. The number of hydrogen-bond acceptors (Lipinski definition) is 14. The molecule has 3 aliphatic heterocycles. The lowest BCUT2D eigenvalue weighted by Gasteiger charge is -2.37. The number of piperidine rings is 3. The van der Waals surface area contributed by atoms with E-state index >= 15 is 0 Å². The number of nitrogens with one attached hydrogen (secondary N) is 1. The Labute approximate surface area is 290 Å². The zero-order chi connectivity index (χ0) is 36.8. The summed E-state index contributed by atoms with van der Waals surface area (Å²) in [5.41, 5.74) is 7.50. The lowest BCUT2D eigenvalue weighted by molar-refractivity contribution is -0.389. The molecule has 6 N–H and O–H groups in total. The smallest absolute Gasteiger partial charge is 0.363 e. The highest BCUT2D eigenvalue weighted by Crippen LogP contribution is 2.26. The summed E-state index contributed by atoms with van der Waals surface area (Å²) < 4.78 is 12.1. The predicted molar refractivity (Wildman–Crippen MR) is 187 cm³/mol. The van der Waals surface area contributed by atoms with Gasteiger partial charge in [0.15, 0.2) is 18.2 Å². The number of nitrogens with two attached hydrogens (primary N) is 1. The fraction of sp³-hybridized carbons (Fsp3) is 0.545. The van der Waals surface area contributed by atoms with Crippen LogP contribution in [0.1, 0.15) is 59.3 Å². The molecule has 50 heavy (non-hydrogen) atoms. The highest BCUT2D eigenvalue weighted by molar-refractivity contribution is 5.49. The van der Waals surface area contributed by atoms with Crippen LogP contribution in [0.3, 0.4) is 0 Å². The molecule has 3 saturated heterocycles. The Morgan fingerprint density at radius 2 is 1.22 bits per heavy atom.